The van der Waals surface area contributed by atoms with Crippen LogP contribution in [0.3, 0.4) is 0 Å². The number of aromatic nitrogens is 2. The van der Waals surface area contributed by atoms with E-state index in [2.05, 4.69) is 21.0 Å². The standard InChI is InChI=1S/C12H12BrClN2O/c1-16-6-5-10(15-16)8-17-12-9(7-13)3-2-4-11(12)14/h2-6H,7-8H2,1H3. The van der Waals surface area contributed by atoms with E-state index in [0.717, 1.165) is 17.0 Å². The van der Waals surface area contributed by atoms with Gasteiger partial charge in [-0.2, -0.15) is 5.10 Å². The summed E-state index contributed by atoms with van der Waals surface area (Å²) >= 11 is 9.52. The second kappa shape index (κ2) is 5.56. The number of aryl methyl sites for hydroxylation is 1. The molecule has 0 spiro atoms. The number of halogens is 2. The highest BCUT2D eigenvalue weighted by atomic mass is 79.9. The van der Waals surface area contributed by atoms with Crippen molar-refractivity contribution in [2.75, 3.05) is 0 Å². The van der Waals surface area contributed by atoms with Gasteiger partial charge in [-0.15, -0.1) is 0 Å². The van der Waals surface area contributed by atoms with Gasteiger partial charge in [0.2, 0.25) is 0 Å². The highest BCUT2D eigenvalue weighted by Gasteiger charge is 2.08. The Bertz CT molecular complexity index is 513. The monoisotopic (exact) mass is 314 g/mol. The molecule has 0 atom stereocenters. The Morgan fingerprint density at radius 1 is 1.41 bits per heavy atom. The summed E-state index contributed by atoms with van der Waals surface area (Å²) in [5.74, 6) is 0.719. The molecule has 0 saturated carbocycles. The van der Waals surface area contributed by atoms with Gasteiger partial charge >= 0.3 is 0 Å². The Hall–Kier alpha value is -1.000. The first-order valence-corrected chi connectivity index (χ1v) is 6.65. The van der Waals surface area contributed by atoms with E-state index in [1.165, 1.54) is 0 Å². The molecule has 0 radical (unpaired) electrons. The van der Waals surface area contributed by atoms with Crippen LogP contribution in [0.5, 0.6) is 5.75 Å². The van der Waals surface area contributed by atoms with Crippen molar-refractivity contribution in [3.05, 3.63) is 46.7 Å². The molecule has 2 aromatic rings. The van der Waals surface area contributed by atoms with Gasteiger partial charge in [0.15, 0.2) is 0 Å². The fourth-order valence-electron chi connectivity index (χ4n) is 1.51. The Morgan fingerprint density at radius 3 is 2.88 bits per heavy atom. The van der Waals surface area contributed by atoms with Gasteiger partial charge in [-0.1, -0.05) is 39.7 Å². The molecule has 0 bridgehead atoms. The van der Waals surface area contributed by atoms with E-state index in [-0.39, 0.29) is 0 Å². The van der Waals surface area contributed by atoms with E-state index in [0.29, 0.717) is 17.0 Å². The number of benzene rings is 1. The minimum atomic E-state index is 0.421. The van der Waals surface area contributed by atoms with Crippen LogP contribution in [0.15, 0.2) is 30.5 Å². The molecule has 3 nitrogen and oxygen atoms in total. The number of para-hydroxylation sites is 1. The molecular formula is C12H12BrClN2O. The summed E-state index contributed by atoms with van der Waals surface area (Å²) < 4.78 is 7.47. The average Bonchev–Trinajstić information content (AvgIpc) is 2.73. The maximum atomic E-state index is 6.11. The van der Waals surface area contributed by atoms with E-state index >= 15 is 0 Å². The first kappa shape index (κ1) is 12.5. The van der Waals surface area contributed by atoms with Crippen LogP contribution in [-0.4, -0.2) is 9.78 Å². The number of rotatable bonds is 4. The summed E-state index contributed by atoms with van der Waals surface area (Å²) in [5.41, 5.74) is 1.92. The van der Waals surface area contributed by atoms with Crippen LogP contribution >= 0.6 is 27.5 Å². The van der Waals surface area contributed by atoms with Crippen LogP contribution in [-0.2, 0) is 19.0 Å². The molecule has 0 aliphatic rings. The SMILES string of the molecule is Cn1ccc(COc2c(Cl)cccc2CBr)n1. The molecule has 2 rings (SSSR count). The predicted molar refractivity (Wildman–Crippen MR) is 71.6 cm³/mol. The van der Waals surface area contributed by atoms with Crippen molar-refractivity contribution >= 4 is 27.5 Å². The van der Waals surface area contributed by atoms with E-state index in [1.54, 1.807) is 4.68 Å². The third kappa shape index (κ3) is 3.01. The molecule has 90 valence electrons. The first-order valence-electron chi connectivity index (χ1n) is 5.15. The summed E-state index contributed by atoms with van der Waals surface area (Å²) in [5, 5.41) is 5.58. The maximum Gasteiger partial charge on any atom is 0.142 e. The lowest BCUT2D eigenvalue weighted by molar-refractivity contribution is 0.298. The summed E-state index contributed by atoms with van der Waals surface area (Å²) in [4.78, 5) is 0. The van der Waals surface area contributed by atoms with Crippen LogP contribution < -0.4 is 4.74 Å². The molecular weight excluding hydrogens is 304 g/mol. The normalized spacial score (nSPS) is 10.5. The second-order valence-corrected chi connectivity index (χ2v) is 4.60. The minimum Gasteiger partial charge on any atom is -0.485 e. The molecule has 5 heteroatoms. The fraction of sp³-hybridized carbons (Fsp3) is 0.250. The molecule has 0 unspecified atom stereocenters. The quantitative estimate of drug-likeness (QED) is 0.807. The molecule has 1 aromatic carbocycles. The number of hydrogen-bond acceptors (Lipinski definition) is 2. The van der Waals surface area contributed by atoms with E-state index < -0.39 is 0 Å². The predicted octanol–water partition coefficient (Wildman–Crippen LogP) is 3.55. The number of hydrogen-bond donors (Lipinski definition) is 0. The average molecular weight is 316 g/mol. The number of ether oxygens (including phenoxy) is 1. The molecule has 0 aliphatic heterocycles. The van der Waals surface area contributed by atoms with Crippen LogP contribution in [0, 0.1) is 0 Å². The number of nitrogens with zero attached hydrogens (tertiary/aromatic N) is 2. The van der Waals surface area contributed by atoms with Crippen molar-refractivity contribution in [3.63, 3.8) is 0 Å². The van der Waals surface area contributed by atoms with E-state index in [4.69, 9.17) is 16.3 Å². The molecule has 1 heterocycles. The summed E-state index contributed by atoms with van der Waals surface area (Å²) in [6.45, 7) is 0.421. The van der Waals surface area contributed by atoms with Crippen molar-refractivity contribution in [2.24, 2.45) is 7.05 Å². The van der Waals surface area contributed by atoms with Gasteiger partial charge in [0.1, 0.15) is 12.4 Å². The topological polar surface area (TPSA) is 27.1 Å². The van der Waals surface area contributed by atoms with Crippen molar-refractivity contribution in [1.82, 2.24) is 9.78 Å². The molecule has 1 aromatic heterocycles. The van der Waals surface area contributed by atoms with E-state index in [9.17, 15) is 0 Å². The Labute approximate surface area is 113 Å². The minimum absolute atomic E-state index is 0.421. The molecule has 0 aliphatic carbocycles. The molecule has 0 fully saturated rings. The van der Waals surface area contributed by atoms with Crippen molar-refractivity contribution in [1.29, 1.82) is 0 Å². The zero-order chi connectivity index (χ0) is 12.3. The zero-order valence-corrected chi connectivity index (χ0v) is 11.7. The number of alkyl halides is 1. The summed E-state index contributed by atoms with van der Waals surface area (Å²) in [6.07, 6.45) is 1.89. The lowest BCUT2D eigenvalue weighted by atomic mass is 10.2. The third-order valence-corrected chi connectivity index (χ3v) is 3.23. The highest BCUT2D eigenvalue weighted by Crippen LogP contribution is 2.30. The van der Waals surface area contributed by atoms with Crippen LogP contribution in [0.4, 0.5) is 0 Å². The Kier molecular flexibility index (Phi) is 4.07. The lowest BCUT2D eigenvalue weighted by Crippen LogP contribution is -2.00. The molecule has 0 N–H and O–H groups in total. The van der Waals surface area contributed by atoms with Crippen LogP contribution in [0.25, 0.3) is 0 Å². The summed E-state index contributed by atoms with van der Waals surface area (Å²) in [6, 6.07) is 7.63. The molecule has 0 amide bonds. The Morgan fingerprint density at radius 2 is 2.24 bits per heavy atom. The second-order valence-electron chi connectivity index (χ2n) is 3.63. The van der Waals surface area contributed by atoms with Crippen molar-refractivity contribution < 1.29 is 4.74 Å². The molecule has 17 heavy (non-hydrogen) atoms. The van der Waals surface area contributed by atoms with Crippen LogP contribution in [0.1, 0.15) is 11.3 Å². The van der Waals surface area contributed by atoms with Gasteiger partial charge in [-0.3, -0.25) is 4.68 Å². The lowest BCUT2D eigenvalue weighted by Gasteiger charge is -2.10. The largest absolute Gasteiger partial charge is 0.485 e. The summed E-state index contributed by atoms with van der Waals surface area (Å²) in [7, 11) is 1.88. The van der Waals surface area contributed by atoms with Crippen molar-refractivity contribution in [2.45, 2.75) is 11.9 Å². The van der Waals surface area contributed by atoms with E-state index in [1.807, 2.05) is 37.5 Å². The van der Waals surface area contributed by atoms with Gasteiger partial charge in [0, 0.05) is 24.1 Å². The maximum absolute atomic E-state index is 6.11. The molecule has 0 saturated heterocycles. The first-order chi connectivity index (χ1) is 8.20. The highest BCUT2D eigenvalue weighted by molar-refractivity contribution is 9.08. The van der Waals surface area contributed by atoms with Gasteiger partial charge < -0.3 is 4.74 Å². The smallest absolute Gasteiger partial charge is 0.142 e. The van der Waals surface area contributed by atoms with Crippen molar-refractivity contribution in [3.8, 4) is 5.75 Å². The van der Waals surface area contributed by atoms with Gasteiger partial charge in [-0.25, -0.2) is 0 Å². The zero-order valence-electron chi connectivity index (χ0n) is 9.36. The fourth-order valence-corrected chi connectivity index (χ4v) is 2.20. The third-order valence-electron chi connectivity index (χ3n) is 2.33. The van der Waals surface area contributed by atoms with Gasteiger partial charge in [-0.05, 0) is 12.1 Å². The van der Waals surface area contributed by atoms with Gasteiger partial charge in [0.25, 0.3) is 0 Å². The Balaban J connectivity index is 2.13. The van der Waals surface area contributed by atoms with Crippen LogP contribution in [0.2, 0.25) is 5.02 Å². The van der Waals surface area contributed by atoms with Gasteiger partial charge in [0.05, 0.1) is 10.7 Å².